The van der Waals surface area contributed by atoms with Crippen molar-refractivity contribution in [2.24, 2.45) is 0 Å². The molecular formula is C25H22ClN7O3S. The normalized spacial score (nSPS) is 10.9. The van der Waals surface area contributed by atoms with Crippen LogP contribution in [0.15, 0.2) is 65.8 Å². The molecule has 0 atom stereocenters. The highest BCUT2D eigenvalue weighted by atomic mass is 35.5. The van der Waals surface area contributed by atoms with Crippen molar-refractivity contribution in [3.8, 4) is 34.6 Å². The average molecular weight is 536 g/mol. The van der Waals surface area contributed by atoms with Crippen LogP contribution in [-0.4, -0.2) is 50.3 Å². The summed E-state index contributed by atoms with van der Waals surface area (Å²) >= 11 is 7.77. The Hall–Kier alpha value is -4.09. The highest BCUT2D eigenvalue weighted by molar-refractivity contribution is 8.00. The van der Waals surface area contributed by atoms with Gasteiger partial charge in [-0.15, -0.1) is 0 Å². The molecule has 0 spiro atoms. The van der Waals surface area contributed by atoms with Gasteiger partial charge in [-0.05, 0) is 37.3 Å². The molecular weight excluding hydrogens is 514 g/mol. The lowest BCUT2D eigenvalue weighted by atomic mass is 10.2. The monoisotopic (exact) mass is 535 g/mol. The van der Waals surface area contributed by atoms with E-state index in [2.05, 4.69) is 19.7 Å². The predicted molar refractivity (Wildman–Crippen MR) is 143 cm³/mol. The fourth-order valence-corrected chi connectivity index (χ4v) is 4.48. The molecule has 0 fully saturated rings. The van der Waals surface area contributed by atoms with Crippen molar-refractivity contribution in [3.05, 3.63) is 65.9 Å². The molecule has 0 aliphatic heterocycles. The summed E-state index contributed by atoms with van der Waals surface area (Å²) in [5, 5.41) is 0.910. The molecule has 1 aromatic carbocycles. The van der Waals surface area contributed by atoms with Crippen LogP contribution in [0.1, 0.15) is 6.92 Å². The van der Waals surface area contributed by atoms with E-state index < -0.39 is 0 Å². The number of halogens is 1. The second-order valence-corrected chi connectivity index (χ2v) is 8.64. The highest BCUT2D eigenvalue weighted by Gasteiger charge is 2.25. The summed E-state index contributed by atoms with van der Waals surface area (Å²) in [6, 6.07) is 16.6. The van der Waals surface area contributed by atoms with Gasteiger partial charge in [0.25, 0.3) is 0 Å². The molecule has 0 saturated heterocycles. The first-order chi connectivity index (χ1) is 18.1. The molecule has 4 aromatic heterocycles. The van der Waals surface area contributed by atoms with Gasteiger partial charge >= 0.3 is 0 Å². The quantitative estimate of drug-likeness (QED) is 0.244. The molecule has 5 rings (SSSR count). The van der Waals surface area contributed by atoms with Crippen molar-refractivity contribution in [2.45, 2.75) is 11.9 Å². The molecule has 0 radical (unpaired) electrons. The third-order valence-corrected chi connectivity index (χ3v) is 6.22. The zero-order chi connectivity index (χ0) is 25.8. The van der Waals surface area contributed by atoms with E-state index in [9.17, 15) is 0 Å². The van der Waals surface area contributed by atoms with Crippen molar-refractivity contribution in [3.63, 3.8) is 0 Å². The first kappa shape index (κ1) is 24.6. The number of imidazole rings is 1. The van der Waals surface area contributed by atoms with E-state index in [1.54, 1.807) is 31.0 Å². The molecule has 0 aliphatic carbocycles. The number of hydrogen-bond donors (Lipinski definition) is 1. The van der Waals surface area contributed by atoms with Gasteiger partial charge < -0.3 is 18.9 Å². The molecule has 1 N–H and O–H groups in total. The summed E-state index contributed by atoms with van der Waals surface area (Å²) in [4.78, 5) is 23.0. The lowest BCUT2D eigenvalue weighted by molar-refractivity contribution is 0.327. The third-order valence-electron chi connectivity index (χ3n) is 5.21. The molecule has 4 heterocycles. The Morgan fingerprint density at radius 3 is 2.41 bits per heavy atom. The SMILES string of the molecule is CCOc1cccc(-c2nc3nc(Cl)c(NSc4ccccn4)nc3n2-c2c(OC)cccc2OC)n1. The average Bonchev–Trinajstić information content (AvgIpc) is 3.29. The Labute approximate surface area is 222 Å². The summed E-state index contributed by atoms with van der Waals surface area (Å²) < 4.78 is 22.0. The molecule has 0 aliphatic rings. The second-order valence-electron chi connectivity index (χ2n) is 7.46. The fraction of sp³-hybridized carbons (Fsp3) is 0.160. The van der Waals surface area contributed by atoms with Gasteiger partial charge in [0.15, 0.2) is 28.1 Å². The number of methoxy groups -OCH3 is 2. The molecule has 188 valence electrons. The van der Waals surface area contributed by atoms with Crippen LogP contribution in [0.3, 0.4) is 0 Å². The van der Waals surface area contributed by atoms with Crippen molar-refractivity contribution in [2.75, 3.05) is 25.5 Å². The Bertz CT molecular complexity index is 1530. The van der Waals surface area contributed by atoms with Crippen LogP contribution >= 0.6 is 23.5 Å². The van der Waals surface area contributed by atoms with E-state index in [4.69, 9.17) is 35.8 Å². The maximum atomic E-state index is 6.50. The molecule has 0 saturated carbocycles. The maximum absolute atomic E-state index is 6.50. The zero-order valence-electron chi connectivity index (χ0n) is 20.2. The van der Waals surface area contributed by atoms with Gasteiger partial charge in [0.1, 0.15) is 27.9 Å². The van der Waals surface area contributed by atoms with E-state index in [0.717, 1.165) is 5.03 Å². The second kappa shape index (κ2) is 10.9. The molecule has 0 bridgehead atoms. The minimum absolute atomic E-state index is 0.162. The summed E-state index contributed by atoms with van der Waals surface area (Å²) in [7, 11) is 3.17. The number of hydrogen-bond acceptors (Lipinski definition) is 10. The first-order valence-corrected chi connectivity index (χ1v) is 12.4. The maximum Gasteiger partial charge on any atom is 0.213 e. The summed E-state index contributed by atoms with van der Waals surface area (Å²) in [5.74, 6) is 2.39. The van der Waals surface area contributed by atoms with Crippen LogP contribution in [0.25, 0.3) is 28.5 Å². The number of para-hydroxylation sites is 1. The van der Waals surface area contributed by atoms with E-state index in [-0.39, 0.29) is 5.15 Å². The van der Waals surface area contributed by atoms with Gasteiger partial charge in [0.05, 0.1) is 20.8 Å². The van der Waals surface area contributed by atoms with Crippen LogP contribution in [0, 0.1) is 0 Å². The van der Waals surface area contributed by atoms with Crippen LogP contribution in [-0.2, 0) is 0 Å². The Morgan fingerprint density at radius 1 is 0.919 bits per heavy atom. The van der Waals surface area contributed by atoms with Crippen molar-refractivity contribution in [1.29, 1.82) is 0 Å². The van der Waals surface area contributed by atoms with Crippen LogP contribution in [0.2, 0.25) is 5.15 Å². The smallest absolute Gasteiger partial charge is 0.213 e. The van der Waals surface area contributed by atoms with Crippen molar-refractivity contribution in [1.82, 2.24) is 29.5 Å². The number of rotatable bonds is 9. The number of nitrogens with zero attached hydrogens (tertiary/aromatic N) is 6. The molecule has 5 aromatic rings. The summed E-state index contributed by atoms with van der Waals surface area (Å²) in [6.45, 7) is 2.38. The lowest BCUT2D eigenvalue weighted by Gasteiger charge is -2.16. The van der Waals surface area contributed by atoms with Crippen LogP contribution < -0.4 is 18.9 Å². The third kappa shape index (κ3) is 4.95. The van der Waals surface area contributed by atoms with E-state index in [0.29, 0.717) is 58.3 Å². The minimum Gasteiger partial charge on any atom is -0.494 e. The van der Waals surface area contributed by atoms with Crippen molar-refractivity contribution >= 4 is 40.7 Å². The summed E-state index contributed by atoms with van der Waals surface area (Å²) in [5.41, 5.74) is 1.89. The number of anilines is 1. The van der Waals surface area contributed by atoms with E-state index in [1.165, 1.54) is 11.9 Å². The highest BCUT2D eigenvalue weighted by Crippen LogP contribution is 2.38. The Kier molecular flexibility index (Phi) is 7.24. The van der Waals surface area contributed by atoms with Crippen LogP contribution in [0.5, 0.6) is 17.4 Å². The Morgan fingerprint density at radius 2 is 1.70 bits per heavy atom. The predicted octanol–water partition coefficient (Wildman–Crippen LogP) is 5.46. The van der Waals surface area contributed by atoms with E-state index in [1.807, 2.05) is 55.5 Å². The van der Waals surface area contributed by atoms with Gasteiger partial charge in [-0.3, -0.25) is 4.57 Å². The van der Waals surface area contributed by atoms with Crippen molar-refractivity contribution < 1.29 is 14.2 Å². The topological polar surface area (TPSA) is 109 Å². The number of ether oxygens (including phenoxy) is 3. The fourth-order valence-electron chi connectivity index (χ4n) is 3.65. The van der Waals surface area contributed by atoms with Gasteiger partial charge in [-0.2, -0.15) is 0 Å². The number of benzene rings is 1. The summed E-state index contributed by atoms with van der Waals surface area (Å²) in [6.07, 6.45) is 1.71. The zero-order valence-corrected chi connectivity index (χ0v) is 21.7. The van der Waals surface area contributed by atoms with Gasteiger partial charge in [-0.25, -0.2) is 24.9 Å². The molecule has 0 amide bonds. The number of fused-ring (bicyclic) bond motifs is 1. The minimum atomic E-state index is 0.162. The lowest BCUT2D eigenvalue weighted by Crippen LogP contribution is -2.06. The van der Waals surface area contributed by atoms with Gasteiger partial charge in [-0.1, -0.05) is 29.8 Å². The standard InChI is InChI=1S/C25H22ClN7O3S/c1-4-36-18-12-7-9-15(28-18)24-31-23-25(33(24)20-16(34-2)10-8-11-17(20)35-3)30-22(21(26)29-23)32-37-19-13-5-6-14-27-19/h5-14H,4H2,1-3H3,(H,30,32). The van der Waals surface area contributed by atoms with Gasteiger partial charge in [0.2, 0.25) is 5.88 Å². The number of pyridine rings is 2. The first-order valence-electron chi connectivity index (χ1n) is 11.2. The Balaban J connectivity index is 1.73. The molecule has 0 unspecified atom stereocenters. The number of nitrogens with one attached hydrogen (secondary N) is 1. The van der Waals surface area contributed by atoms with Gasteiger partial charge in [0, 0.05) is 24.2 Å². The van der Waals surface area contributed by atoms with E-state index >= 15 is 0 Å². The molecule has 37 heavy (non-hydrogen) atoms. The molecule has 10 nitrogen and oxygen atoms in total. The van der Waals surface area contributed by atoms with Crippen LogP contribution in [0.4, 0.5) is 5.82 Å². The number of aromatic nitrogens is 6. The molecule has 12 heteroatoms. The largest absolute Gasteiger partial charge is 0.494 e.